The van der Waals surface area contributed by atoms with Crippen LogP contribution in [-0.2, 0) is 46.6 Å². The van der Waals surface area contributed by atoms with E-state index in [-0.39, 0.29) is 51.2 Å². The smallest absolute Gasteiger partial charge is 0.486 e. The number of aryl methyl sites for hydroxylation is 10. The normalized spacial score (nSPS) is 12.6. The number of hydrogen-bond acceptors (Lipinski definition) is 8. The Morgan fingerprint density at radius 2 is 0.868 bits per heavy atom. The van der Waals surface area contributed by atoms with Gasteiger partial charge in [0, 0.05) is 64.7 Å². The molecule has 0 aliphatic heterocycles. The van der Waals surface area contributed by atoms with Crippen molar-refractivity contribution in [3.05, 3.63) is 402 Å². The Morgan fingerprint density at radius 3 is 1.42 bits per heavy atom. The average molecular weight is 1850 g/mol. The van der Waals surface area contributed by atoms with Crippen LogP contribution in [0.1, 0.15) is 98.5 Å². The van der Waals surface area contributed by atoms with E-state index < -0.39 is 27.4 Å². The van der Waals surface area contributed by atoms with Gasteiger partial charge in [-0.15, -0.1) is 184 Å². The molecule has 0 fully saturated rings. The number of nitrogens with zero attached hydrogens (tertiary/aromatic N) is 7. The maximum atomic E-state index is 7.76. The molecule has 0 aliphatic rings. The predicted molar refractivity (Wildman–Crippen MR) is 463 cm³/mol. The summed E-state index contributed by atoms with van der Waals surface area (Å²) in [6.45, 7) is 10.1. The van der Waals surface area contributed by atoms with Crippen molar-refractivity contribution in [2.24, 2.45) is 5.41 Å². The summed E-state index contributed by atoms with van der Waals surface area (Å²) in [6.07, 6.45) is 11.1. The van der Waals surface area contributed by atoms with Crippen LogP contribution in [-0.4, -0.2) is 34.9 Å². The molecule has 0 aliphatic carbocycles. The molecule has 0 amide bonds. The summed E-state index contributed by atoms with van der Waals surface area (Å²) in [5, 5.41) is 2.08. The van der Waals surface area contributed by atoms with Gasteiger partial charge in [-0.25, -0.2) is 4.98 Å². The van der Waals surface area contributed by atoms with Crippen molar-refractivity contribution in [1.82, 2.24) is 34.9 Å². The van der Waals surface area contributed by atoms with E-state index in [1.165, 1.54) is 40.7 Å². The van der Waals surface area contributed by atoms with Gasteiger partial charge in [0.25, 0.3) is 0 Å². The molecule has 17 aromatic rings. The van der Waals surface area contributed by atoms with Gasteiger partial charge in [0.05, 0.1) is 5.58 Å². The number of rotatable bonds is 10. The Morgan fingerprint density at radius 1 is 0.342 bits per heavy atom. The molecule has 8 aromatic heterocycles. The van der Waals surface area contributed by atoms with Gasteiger partial charge in [0.15, 0.2) is 0 Å². The Balaban J connectivity index is 0.000000158. The van der Waals surface area contributed by atoms with Crippen LogP contribution in [0.2, 0.25) is 0 Å². The van der Waals surface area contributed by atoms with Crippen LogP contribution in [0, 0.1) is 111 Å². The molecule has 8 nitrogen and oxygen atoms in total. The second kappa shape index (κ2) is 40.5. The van der Waals surface area contributed by atoms with Crippen LogP contribution < -0.4 is 0 Å². The first-order valence-corrected chi connectivity index (χ1v) is 36.7. The maximum absolute atomic E-state index is 7.76. The van der Waals surface area contributed by atoms with Gasteiger partial charge < -0.3 is 34.3 Å². The third-order valence-corrected chi connectivity index (χ3v) is 18.0. The van der Waals surface area contributed by atoms with Gasteiger partial charge in [-0.1, -0.05) is 220 Å². The molecule has 566 valence electrons. The minimum Gasteiger partial charge on any atom is -0.486 e. The first-order valence-electron chi connectivity index (χ1n) is 42.7. The maximum Gasteiger partial charge on any atom is 3.00 e. The van der Waals surface area contributed by atoms with Crippen molar-refractivity contribution in [3.63, 3.8) is 0 Å². The van der Waals surface area contributed by atoms with Crippen molar-refractivity contribution >= 4 is 22.1 Å². The predicted octanol–water partition coefficient (Wildman–Crippen LogP) is 26.3. The Kier molecular flexibility index (Phi) is 24.5. The molecule has 0 radical (unpaired) electrons. The van der Waals surface area contributed by atoms with Crippen LogP contribution in [0.25, 0.3) is 123 Å². The SMILES string of the molecule is Cc1ccc(-c2ccnc(-c3[c-]cccc3)c2)cc1.Cc1ccc2c(n1)oc1c(-c3cc(CC(C)(C)C)ccn3)[c-]ccc12.[2H]C([2H])([2H])c1c[c-]c(-c2ccc(C)cn2)cc1.[2H]C([2H])([2H])c1c[c-]c(-c2ccc(C)cn2)cc1-c1ccccc1.[2H]C([2H])([2H])c1ccc(-c2[c-]cc(C)c(-c3ccccc3)c2)nc1.[2H]C([2H])([2H])c1cnc(-c2[c-]cccc2)cc1C.[Ir+3].[Ir+3]. The summed E-state index contributed by atoms with van der Waals surface area (Å²) in [5.41, 5.74) is 26.7. The molecular weight excluding hydrogens is 1750 g/mol. The average Bonchev–Trinajstić information content (AvgIpc) is 1.63. The quantitative estimate of drug-likeness (QED) is 0.125. The molecule has 0 spiro atoms. The first kappa shape index (κ1) is 68.9. The van der Waals surface area contributed by atoms with E-state index in [0.717, 1.165) is 135 Å². The van der Waals surface area contributed by atoms with Gasteiger partial charge >= 0.3 is 40.2 Å². The summed E-state index contributed by atoms with van der Waals surface area (Å²) in [6, 6.07) is 104. The summed E-state index contributed by atoms with van der Waals surface area (Å²) < 4.78 is 95.5. The minimum atomic E-state index is -2.18. The standard InChI is InChI=1S/C22H21N2O.2C19H16N.C18H14N.2C13H12N.2Ir/c1-14-8-9-17-16-6-5-7-18(20(16)25-21(17)24-14)19-12-15(10-11-23-19)13-22(2,3)4;2*1-14-8-11-19(20-13-14)17-10-9-15(2)18(12-17)16-6-4-3-5-7-16;1-14-7-9-15(10-8-14)17-11-12-19-18(13-17)16-5-3-2-4-6-16;1-10-3-6-12(7-4-10)13-8-5-11(2)9-14-13;1-10-8-13(14-9-11(10)2)12-6-4-3-5-7-12;;/h5-6,8-12H,13H2,1-4H3;2*3-9,11-13H,1-2H3;2-5,7-13H,1H3;2*3-6,8-9H,1-2H3;;/q6*-1;2*+3/i;2D3;1D3;;1D3;2D3;;. The van der Waals surface area contributed by atoms with Gasteiger partial charge in [0.1, 0.15) is 0 Å². The van der Waals surface area contributed by atoms with E-state index in [2.05, 4.69) is 160 Å². The third kappa shape index (κ3) is 23.4. The molecule has 0 saturated carbocycles. The summed E-state index contributed by atoms with van der Waals surface area (Å²) in [7, 11) is 0. The monoisotopic (exact) mass is 1850 g/mol. The Labute approximate surface area is 717 Å². The van der Waals surface area contributed by atoms with Crippen LogP contribution in [0.4, 0.5) is 0 Å². The minimum absolute atomic E-state index is 0. The zero-order chi connectivity index (χ0) is 88.5. The molecule has 0 saturated heterocycles. The van der Waals surface area contributed by atoms with E-state index in [9.17, 15) is 0 Å². The van der Waals surface area contributed by atoms with Gasteiger partial charge in [-0.2, -0.15) is 0 Å². The number of furan rings is 1. The molecule has 0 unspecified atom stereocenters. The van der Waals surface area contributed by atoms with Crippen LogP contribution in [0.3, 0.4) is 0 Å². The topological polar surface area (TPSA) is 103 Å². The van der Waals surface area contributed by atoms with E-state index >= 15 is 0 Å². The first-order chi connectivity index (χ1) is 59.1. The van der Waals surface area contributed by atoms with Gasteiger partial charge in [0.2, 0.25) is 5.71 Å². The van der Waals surface area contributed by atoms with Crippen molar-refractivity contribution in [2.75, 3.05) is 0 Å². The molecule has 10 heteroatoms. The fourth-order valence-corrected chi connectivity index (χ4v) is 12.1. The molecule has 9 aromatic carbocycles. The number of pyridine rings is 7. The van der Waals surface area contributed by atoms with Crippen molar-refractivity contribution < 1.29 is 61.1 Å². The number of benzene rings is 9. The van der Waals surface area contributed by atoms with E-state index in [1.807, 2.05) is 204 Å². The molecule has 8 heterocycles. The van der Waals surface area contributed by atoms with E-state index in [0.29, 0.717) is 28.0 Å². The second-order valence-electron chi connectivity index (χ2n) is 28.2. The molecule has 114 heavy (non-hydrogen) atoms. The molecule has 17 rings (SSSR count). The van der Waals surface area contributed by atoms with Gasteiger partial charge in [-0.3, -0.25) is 0 Å². The van der Waals surface area contributed by atoms with Crippen molar-refractivity contribution in [3.8, 4) is 101 Å². The zero-order valence-corrected chi connectivity index (χ0v) is 69.6. The van der Waals surface area contributed by atoms with Crippen molar-refractivity contribution in [1.29, 1.82) is 0 Å². The Bertz CT molecular complexity index is 6390. The summed E-state index contributed by atoms with van der Waals surface area (Å²) in [4.78, 5) is 30.6. The number of fused-ring (bicyclic) bond motifs is 3. The van der Waals surface area contributed by atoms with Crippen LogP contribution in [0.5, 0.6) is 0 Å². The third-order valence-electron chi connectivity index (χ3n) is 18.0. The van der Waals surface area contributed by atoms with E-state index in [4.69, 9.17) is 20.9 Å². The second-order valence-corrected chi connectivity index (χ2v) is 28.2. The summed E-state index contributed by atoms with van der Waals surface area (Å²) in [5.74, 6) is 0. The van der Waals surface area contributed by atoms with Crippen molar-refractivity contribution in [2.45, 2.75) is 96.1 Å². The van der Waals surface area contributed by atoms with E-state index in [1.54, 1.807) is 55.7 Å². The van der Waals surface area contributed by atoms with Crippen LogP contribution in [0.15, 0.2) is 309 Å². The number of aromatic nitrogens is 7. The zero-order valence-electron chi connectivity index (χ0n) is 76.8. The largest absolute Gasteiger partial charge is 3.00 e. The Hall–Kier alpha value is -11.9. The molecular formula is C104H91Ir2N7O. The molecule has 0 atom stereocenters. The molecule has 0 bridgehead atoms. The summed E-state index contributed by atoms with van der Waals surface area (Å²) >= 11 is 0. The fourth-order valence-electron chi connectivity index (χ4n) is 12.1. The van der Waals surface area contributed by atoms with Gasteiger partial charge in [-0.05, 0) is 163 Å². The number of hydrogen-bond donors (Lipinski definition) is 0. The van der Waals surface area contributed by atoms with Crippen LogP contribution >= 0.6 is 0 Å². The fraction of sp³-hybridized carbons (Fsp3) is 0.144. The molecule has 0 N–H and O–H groups in total.